The Morgan fingerprint density at radius 2 is 0.516 bits per heavy atom. The molecule has 0 saturated carbocycles. The van der Waals surface area contributed by atoms with Crippen molar-refractivity contribution in [3.63, 3.8) is 0 Å². The van der Waals surface area contributed by atoms with Gasteiger partial charge in [-0.2, -0.15) is 0 Å². The largest absolute Gasteiger partial charge is 2.00 e. The van der Waals surface area contributed by atoms with Crippen molar-refractivity contribution in [1.29, 1.82) is 0 Å². The molecule has 0 aromatic heterocycles. The molecule has 4 rings (SSSR count). The molecule has 4 aromatic carbocycles. The summed E-state index contributed by atoms with van der Waals surface area (Å²) in [6.45, 7) is 4.61. The molecule has 0 saturated heterocycles. The fraction of sp³-hybridized carbons (Fsp3) is 0.0769. The fourth-order valence-electron chi connectivity index (χ4n) is 2.90. The topological polar surface area (TPSA) is 0 Å². The number of rotatable bonds is 4. The third kappa shape index (κ3) is 10.0. The van der Waals surface area contributed by atoms with Gasteiger partial charge in [-0.25, -0.2) is 0 Å². The summed E-state index contributed by atoms with van der Waals surface area (Å²) in [5, 5.41) is 5.75. The summed E-state index contributed by atoms with van der Waals surface area (Å²) in [4.78, 5) is 0. The van der Waals surface area contributed by atoms with E-state index in [1.54, 1.807) is 0 Å². The first-order valence-electron chi connectivity index (χ1n) is 9.43. The molecule has 0 atom stereocenters. The summed E-state index contributed by atoms with van der Waals surface area (Å²) in [5.41, 5.74) is 0. The minimum atomic E-state index is -0.171. The molecule has 5 heteroatoms. The van der Waals surface area contributed by atoms with Crippen LogP contribution in [-0.2, 0) is 16.5 Å². The Morgan fingerprint density at radius 3 is 0.677 bits per heavy atom. The SMILES string of the molecule is CP(c1ccccc1)c1ccccc1.CP(c1ccccc1)c1ccccc1.[I-].[I-].[Ni+2]. The van der Waals surface area contributed by atoms with Gasteiger partial charge in [0.1, 0.15) is 0 Å². The molecule has 0 N–H and O–H groups in total. The Morgan fingerprint density at radius 1 is 0.355 bits per heavy atom. The minimum Gasteiger partial charge on any atom is -1.00 e. The molecule has 0 aliphatic heterocycles. The summed E-state index contributed by atoms with van der Waals surface area (Å²) >= 11 is 0. The van der Waals surface area contributed by atoms with Crippen LogP contribution >= 0.6 is 15.8 Å². The van der Waals surface area contributed by atoms with E-state index in [0.717, 1.165) is 0 Å². The predicted molar refractivity (Wildman–Crippen MR) is 130 cm³/mol. The second kappa shape index (κ2) is 17.2. The molecular formula is C26H26I2NiP2. The van der Waals surface area contributed by atoms with Crippen LogP contribution in [0.15, 0.2) is 121 Å². The zero-order valence-electron chi connectivity index (χ0n) is 17.5. The maximum Gasteiger partial charge on any atom is 2.00 e. The van der Waals surface area contributed by atoms with Crippen LogP contribution in [0.2, 0.25) is 0 Å². The predicted octanol–water partition coefficient (Wildman–Crippen LogP) is -0.496. The van der Waals surface area contributed by atoms with Gasteiger partial charge in [-0.3, -0.25) is 0 Å². The number of halogens is 2. The average Bonchev–Trinajstić information content (AvgIpc) is 2.81. The Labute approximate surface area is 234 Å². The molecule has 0 fully saturated rings. The third-order valence-corrected chi connectivity index (χ3v) is 8.86. The van der Waals surface area contributed by atoms with Crippen molar-refractivity contribution >= 4 is 37.1 Å². The van der Waals surface area contributed by atoms with E-state index in [4.69, 9.17) is 0 Å². The number of hydrogen-bond acceptors (Lipinski definition) is 0. The molecule has 0 amide bonds. The van der Waals surface area contributed by atoms with E-state index in [2.05, 4.69) is 135 Å². The quantitative estimate of drug-likeness (QED) is 0.152. The molecular weight excluding hydrogens is 687 g/mol. The first-order chi connectivity index (χ1) is 13.8. The van der Waals surface area contributed by atoms with E-state index in [9.17, 15) is 0 Å². The van der Waals surface area contributed by atoms with E-state index in [1.807, 2.05) is 0 Å². The molecule has 0 heterocycles. The van der Waals surface area contributed by atoms with Crippen LogP contribution in [0.3, 0.4) is 0 Å². The second-order valence-corrected chi connectivity index (χ2v) is 10.8. The van der Waals surface area contributed by atoms with Crippen molar-refractivity contribution in [3.05, 3.63) is 121 Å². The van der Waals surface area contributed by atoms with Crippen LogP contribution in [0.1, 0.15) is 0 Å². The molecule has 0 bridgehead atoms. The Kier molecular flexibility index (Phi) is 17.0. The maximum absolute atomic E-state index is 2.31. The van der Waals surface area contributed by atoms with Crippen LogP contribution in [0, 0.1) is 0 Å². The van der Waals surface area contributed by atoms with Crippen LogP contribution in [0.25, 0.3) is 0 Å². The molecule has 4 aromatic rings. The molecule has 164 valence electrons. The van der Waals surface area contributed by atoms with Crippen molar-refractivity contribution < 1.29 is 64.4 Å². The van der Waals surface area contributed by atoms with Crippen LogP contribution in [0.5, 0.6) is 0 Å². The standard InChI is InChI=1S/2C13H13P.2HI.Ni/c2*1-14(12-8-4-2-5-9-12)13-10-6-3-7-11-13;;;/h2*2-11H,1H3;2*1H;/q;;;;+2/p-2. The molecule has 31 heavy (non-hydrogen) atoms. The van der Waals surface area contributed by atoms with Gasteiger partial charge in [0.25, 0.3) is 0 Å². The first-order valence-corrected chi connectivity index (χ1v) is 13.0. The fourth-order valence-corrected chi connectivity index (χ4v) is 5.98. The smallest absolute Gasteiger partial charge is 1.00 e. The molecule has 0 nitrogen and oxygen atoms in total. The van der Waals surface area contributed by atoms with Gasteiger partial charge in [0.2, 0.25) is 0 Å². The Bertz CT molecular complexity index is 780. The average molecular weight is 713 g/mol. The van der Waals surface area contributed by atoms with Gasteiger partial charge in [-0.1, -0.05) is 121 Å². The van der Waals surface area contributed by atoms with Gasteiger partial charge in [0.05, 0.1) is 0 Å². The van der Waals surface area contributed by atoms with E-state index >= 15 is 0 Å². The molecule has 0 aliphatic carbocycles. The zero-order chi connectivity index (χ0) is 19.6. The van der Waals surface area contributed by atoms with Crippen molar-refractivity contribution in [2.45, 2.75) is 0 Å². The van der Waals surface area contributed by atoms with Gasteiger partial charge < -0.3 is 48.0 Å². The number of benzene rings is 4. The van der Waals surface area contributed by atoms with Gasteiger partial charge in [0.15, 0.2) is 0 Å². The Balaban J connectivity index is 0.000000529. The molecule has 0 radical (unpaired) electrons. The summed E-state index contributed by atoms with van der Waals surface area (Å²) < 4.78 is 0. The molecule has 0 aliphatic rings. The van der Waals surface area contributed by atoms with Gasteiger partial charge in [-0.05, 0) is 50.4 Å². The first kappa shape index (κ1) is 30.7. The van der Waals surface area contributed by atoms with E-state index in [1.165, 1.54) is 21.2 Å². The van der Waals surface area contributed by atoms with Crippen LogP contribution < -0.4 is 69.2 Å². The van der Waals surface area contributed by atoms with Gasteiger partial charge >= 0.3 is 16.5 Å². The van der Waals surface area contributed by atoms with Gasteiger partial charge in [-0.15, -0.1) is 0 Å². The summed E-state index contributed by atoms with van der Waals surface area (Å²) in [6.07, 6.45) is 0. The monoisotopic (exact) mass is 712 g/mol. The van der Waals surface area contributed by atoms with Crippen molar-refractivity contribution in [1.82, 2.24) is 0 Å². The third-order valence-electron chi connectivity index (χ3n) is 4.57. The van der Waals surface area contributed by atoms with Crippen molar-refractivity contribution in [2.75, 3.05) is 13.3 Å². The molecule has 0 spiro atoms. The summed E-state index contributed by atoms with van der Waals surface area (Å²) in [7, 11) is -0.342. The van der Waals surface area contributed by atoms with Crippen LogP contribution in [-0.4, -0.2) is 13.3 Å². The van der Waals surface area contributed by atoms with E-state index < -0.39 is 0 Å². The van der Waals surface area contributed by atoms with E-state index in [0.29, 0.717) is 0 Å². The van der Waals surface area contributed by atoms with Crippen LogP contribution in [0.4, 0.5) is 0 Å². The zero-order valence-corrected chi connectivity index (χ0v) is 24.6. The van der Waals surface area contributed by atoms with Gasteiger partial charge in [0, 0.05) is 0 Å². The summed E-state index contributed by atoms with van der Waals surface area (Å²) in [6, 6.07) is 42.8. The summed E-state index contributed by atoms with van der Waals surface area (Å²) in [5.74, 6) is 0. The normalized spacial score (nSPS) is 9.42. The molecule has 0 unspecified atom stereocenters. The Hall–Kier alpha value is -0.306. The van der Waals surface area contributed by atoms with E-state index in [-0.39, 0.29) is 80.3 Å². The maximum atomic E-state index is 2.31. The van der Waals surface area contributed by atoms with Crippen molar-refractivity contribution in [2.24, 2.45) is 0 Å². The number of hydrogen-bond donors (Lipinski definition) is 0. The second-order valence-electron chi connectivity index (χ2n) is 6.46. The van der Waals surface area contributed by atoms with Crippen molar-refractivity contribution in [3.8, 4) is 0 Å². The minimum absolute atomic E-state index is 0.